The number of carbonyl (C=O) groups excluding carboxylic acids is 1. The fourth-order valence-corrected chi connectivity index (χ4v) is 3.88. The molecule has 0 radical (unpaired) electrons. The maximum Gasteiger partial charge on any atom is 0.227 e. The van der Waals surface area contributed by atoms with Gasteiger partial charge in [0.25, 0.3) is 0 Å². The van der Waals surface area contributed by atoms with E-state index in [-0.39, 0.29) is 18.1 Å². The van der Waals surface area contributed by atoms with Crippen LogP contribution in [0, 0.1) is 0 Å². The Labute approximate surface area is 163 Å². The van der Waals surface area contributed by atoms with E-state index in [1.807, 2.05) is 54.4 Å². The fourth-order valence-electron chi connectivity index (χ4n) is 3.45. The number of likely N-dealkylation sites (N-methyl/N-ethyl adjacent to an activating group) is 1. The van der Waals surface area contributed by atoms with E-state index < -0.39 is 0 Å². The van der Waals surface area contributed by atoms with Gasteiger partial charge in [0, 0.05) is 31.2 Å². The van der Waals surface area contributed by atoms with Gasteiger partial charge in [-0.15, -0.1) is 0 Å². The molecule has 1 aliphatic rings. The molecule has 2 aromatic carbocycles. The zero-order valence-electron chi connectivity index (χ0n) is 15.0. The minimum Gasteiger partial charge on any atom is -0.392 e. The number of halogens is 1. The van der Waals surface area contributed by atoms with E-state index in [4.69, 9.17) is 0 Å². The highest BCUT2D eigenvalue weighted by Gasteiger charge is 2.28. The van der Waals surface area contributed by atoms with Crippen molar-refractivity contribution in [3.05, 3.63) is 70.2 Å². The monoisotopic (exact) mass is 416 g/mol. The number of hydrogen-bond donors (Lipinski definition) is 1. The molecule has 1 aliphatic heterocycles. The number of carbonyl (C=O) groups is 1. The van der Waals surface area contributed by atoms with Crippen LogP contribution in [0.3, 0.4) is 0 Å². The summed E-state index contributed by atoms with van der Waals surface area (Å²) in [6.07, 6.45) is 0.910. The Morgan fingerprint density at radius 1 is 1.23 bits per heavy atom. The molecular formula is C21H25BrN2O2. The summed E-state index contributed by atoms with van der Waals surface area (Å²) in [5, 5.41) is 9.83. The Hall–Kier alpha value is -1.69. The predicted octanol–water partition coefficient (Wildman–Crippen LogP) is 3.26. The van der Waals surface area contributed by atoms with Gasteiger partial charge in [-0.1, -0.05) is 64.5 Å². The van der Waals surface area contributed by atoms with Crippen molar-refractivity contribution < 1.29 is 9.90 Å². The van der Waals surface area contributed by atoms with Crippen molar-refractivity contribution in [3.63, 3.8) is 0 Å². The minimum absolute atomic E-state index is 0.0310. The first-order chi connectivity index (χ1) is 12.5. The van der Waals surface area contributed by atoms with Gasteiger partial charge in [0.15, 0.2) is 0 Å². The first-order valence-electron chi connectivity index (χ1n) is 8.99. The van der Waals surface area contributed by atoms with Crippen LogP contribution in [-0.4, -0.2) is 53.6 Å². The van der Waals surface area contributed by atoms with Crippen molar-refractivity contribution in [2.45, 2.75) is 25.0 Å². The predicted molar refractivity (Wildman–Crippen MR) is 107 cm³/mol. The Morgan fingerprint density at radius 2 is 1.92 bits per heavy atom. The molecule has 2 aromatic rings. The third-order valence-electron chi connectivity index (χ3n) is 5.02. The zero-order chi connectivity index (χ0) is 18.5. The van der Waals surface area contributed by atoms with Crippen LogP contribution in [0.15, 0.2) is 59.1 Å². The number of nitrogens with zero attached hydrogens (tertiary/aromatic N) is 2. The standard InChI is InChI=1S/C21H25BrN2O2/c1-23(21(26)13-17-9-5-6-10-19(17)22)20(16-7-3-2-4-8-16)15-24-12-11-18(25)14-24/h2-10,18,20,25H,11-15H2,1H3. The summed E-state index contributed by atoms with van der Waals surface area (Å²) in [5.74, 6) is 0.0884. The zero-order valence-corrected chi connectivity index (χ0v) is 16.6. The summed E-state index contributed by atoms with van der Waals surface area (Å²) in [7, 11) is 1.88. The maximum absolute atomic E-state index is 13.0. The van der Waals surface area contributed by atoms with Crippen LogP contribution in [-0.2, 0) is 11.2 Å². The van der Waals surface area contributed by atoms with Gasteiger partial charge in [-0.3, -0.25) is 9.69 Å². The number of aliphatic hydroxyl groups is 1. The van der Waals surface area contributed by atoms with E-state index >= 15 is 0 Å². The van der Waals surface area contributed by atoms with E-state index in [0.29, 0.717) is 13.0 Å². The summed E-state index contributed by atoms with van der Waals surface area (Å²) in [5.41, 5.74) is 2.12. The number of aliphatic hydroxyl groups excluding tert-OH is 1. The van der Waals surface area contributed by atoms with Gasteiger partial charge in [-0.25, -0.2) is 0 Å². The van der Waals surface area contributed by atoms with Gasteiger partial charge < -0.3 is 10.0 Å². The molecule has 0 aliphatic carbocycles. The van der Waals surface area contributed by atoms with E-state index in [0.717, 1.165) is 35.1 Å². The van der Waals surface area contributed by atoms with Crippen LogP contribution < -0.4 is 0 Å². The summed E-state index contributed by atoms with van der Waals surface area (Å²) < 4.78 is 0.959. The minimum atomic E-state index is -0.257. The van der Waals surface area contributed by atoms with Gasteiger partial charge in [-0.2, -0.15) is 0 Å². The number of β-amino-alcohol motifs (C(OH)–C–C–N with tert-alkyl or cyclic N) is 1. The second kappa shape index (κ2) is 8.80. The highest BCUT2D eigenvalue weighted by molar-refractivity contribution is 9.10. The van der Waals surface area contributed by atoms with Gasteiger partial charge in [0.2, 0.25) is 5.91 Å². The van der Waals surface area contributed by atoms with Gasteiger partial charge in [0.1, 0.15) is 0 Å². The van der Waals surface area contributed by atoms with E-state index in [9.17, 15) is 9.90 Å². The third kappa shape index (κ3) is 4.72. The summed E-state index contributed by atoms with van der Waals surface area (Å²) in [4.78, 5) is 17.0. The maximum atomic E-state index is 13.0. The van der Waals surface area contributed by atoms with Crippen LogP contribution >= 0.6 is 15.9 Å². The highest BCUT2D eigenvalue weighted by Crippen LogP contribution is 2.25. The Bertz CT molecular complexity index is 738. The molecule has 2 atom stereocenters. The number of benzene rings is 2. The first-order valence-corrected chi connectivity index (χ1v) is 9.78. The Kier molecular flexibility index (Phi) is 6.46. The SMILES string of the molecule is CN(C(=O)Cc1ccccc1Br)C(CN1CCC(O)C1)c1ccccc1. The molecule has 2 unspecified atom stereocenters. The second-order valence-corrected chi connectivity index (χ2v) is 7.76. The Balaban J connectivity index is 1.76. The summed E-state index contributed by atoms with van der Waals surface area (Å²) in [6, 6.07) is 18.0. The number of rotatable bonds is 6. The van der Waals surface area contributed by atoms with Crippen molar-refractivity contribution in [3.8, 4) is 0 Å². The number of likely N-dealkylation sites (tertiary alicyclic amines) is 1. The second-order valence-electron chi connectivity index (χ2n) is 6.90. The molecule has 26 heavy (non-hydrogen) atoms. The van der Waals surface area contributed by atoms with Crippen molar-refractivity contribution in [2.75, 3.05) is 26.7 Å². The van der Waals surface area contributed by atoms with E-state index in [1.165, 1.54) is 0 Å². The quantitative estimate of drug-likeness (QED) is 0.785. The molecule has 1 N–H and O–H groups in total. The van der Waals surface area contributed by atoms with Gasteiger partial charge in [0.05, 0.1) is 18.6 Å². The molecule has 1 saturated heterocycles. The van der Waals surface area contributed by atoms with Crippen LogP contribution in [0.1, 0.15) is 23.6 Å². The lowest BCUT2D eigenvalue weighted by Gasteiger charge is -2.32. The largest absolute Gasteiger partial charge is 0.392 e. The van der Waals surface area contributed by atoms with Crippen LogP contribution in [0.4, 0.5) is 0 Å². The smallest absolute Gasteiger partial charge is 0.227 e. The topological polar surface area (TPSA) is 43.8 Å². The van der Waals surface area contributed by atoms with Crippen LogP contribution in [0.25, 0.3) is 0 Å². The van der Waals surface area contributed by atoms with Gasteiger partial charge >= 0.3 is 0 Å². The fraction of sp³-hybridized carbons (Fsp3) is 0.381. The molecule has 0 spiro atoms. The average Bonchev–Trinajstić information content (AvgIpc) is 3.06. The molecule has 0 bridgehead atoms. The molecule has 4 nitrogen and oxygen atoms in total. The summed E-state index contributed by atoms with van der Waals surface area (Å²) >= 11 is 3.53. The summed E-state index contributed by atoms with van der Waals surface area (Å²) in [6.45, 7) is 2.28. The van der Waals surface area contributed by atoms with Gasteiger partial charge in [-0.05, 0) is 23.6 Å². The van der Waals surface area contributed by atoms with E-state index in [2.05, 4.69) is 33.0 Å². The van der Waals surface area contributed by atoms with E-state index in [1.54, 1.807) is 0 Å². The first kappa shape index (κ1) is 19.1. The molecule has 0 aromatic heterocycles. The third-order valence-corrected chi connectivity index (χ3v) is 5.80. The molecule has 5 heteroatoms. The lowest BCUT2D eigenvalue weighted by molar-refractivity contribution is -0.131. The Morgan fingerprint density at radius 3 is 2.58 bits per heavy atom. The molecule has 3 rings (SSSR count). The van der Waals surface area contributed by atoms with Crippen molar-refractivity contribution in [2.24, 2.45) is 0 Å². The van der Waals surface area contributed by atoms with Crippen molar-refractivity contribution in [1.82, 2.24) is 9.80 Å². The molecule has 0 saturated carbocycles. The molecule has 1 amide bonds. The van der Waals surface area contributed by atoms with Crippen LogP contribution in [0.2, 0.25) is 0 Å². The highest BCUT2D eigenvalue weighted by atomic mass is 79.9. The van der Waals surface area contributed by atoms with Crippen LogP contribution in [0.5, 0.6) is 0 Å². The molecule has 138 valence electrons. The van der Waals surface area contributed by atoms with Crippen molar-refractivity contribution in [1.29, 1.82) is 0 Å². The lowest BCUT2D eigenvalue weighted by atomic mass is 10.0. The number of hydrogen-bond acceptors (Lipinski definition) is 3. The molecule has 1 fully saturated rings. The molecule has 1 heterocycles. The van der Waals surface area contributed by atoms with Crippen molar-refractivity contribution >= 4 is 21.8 Å². The average molecular weight is 417 g/mol. The lowest BCUT2D eigenvalue weighted by Crippen LogP contribution is -2.39. The normalized spacial score (nSPS) is 18.7. The number of amides is 1. The molecular weight excluding hydrogens is 392 g/mol.